The van der Waals surface area contributed by atoms with E-state index in [0.717, 1.165) is 38.5 Å². The summed E-state index contributed by atoms with van der Waals surface area (Å²) in [5.41, 5.74) is 5.39. The highest BCUT2D eigenvalue weighted by atomic mass is 16.5. The van der Waals surface area contributed by atoms with Crippen LogP contribution < -0.4 is 5.73 Å². The molecule has 0 saturated heterocycles. The van der Waals surface area contributed by atoms with E-state index < -0.39 is 5.60 Å². The summed E-state index contributed by atoms with van der Waals surface area (Å²) >= 11 is 0. The molecular weight excluding hydrogens is 190 g/mol. The maximum Gasteiger partial charge on any atom is 0.0717 e. The Bertz CT molecular complexity index is 212. The molecule has 0 bridgehead atoms. The molecule has 3 nitrogen and oxygen atoms in total. The van der Waals surface area contributed by atoms with Crippen molar-refractivity contribution in [2.24, 2.45) is 11.1 Å². The minimum Gasteiger partial charge on any atom is -0.389 e. The summed E-state index contributed by atoms with van der Waals surface area (Å²) < 4.78 is 5.34. The first-order chi connectivity index (χ1) is 7.16. The molecule has 0 aromatic carbocycles. The van der Waals surface area contributed by atoms with Crippen molar-refractivity contribution in [1.29, 1.82) is 0 Å². The van der Waals surface area contributed by atoms with Crippen molar-refractivity contribution >= 4 is 0 Å². The number of hydrogen-bond acceptors (Lipinski definition) is 3. The maximum atomic E-state index is 10.7. The third-order valence-corrected chi connectivity index (χ3v) is 4.78. The summed E-state index contributed by atoms with van der Waals surface area (Å²) in [5, 5.41) is 10.7. The lowest BCUT2D eigenvalue weighted by Crippen LogP contribution is -2.58. The molecule has 2 fully saturated rings. The molecule has 0 heterocycles. The molecule has 0 spiro atoms. The highest BCUT2D eigenvalue weighted by molar-refractivity contribution is 5.06. The minimum atomic E-state index is -0.505. The van der Waals surface area contributed by atoms with Crippen molar-refractivity contribution in [3.05, 3.63) is 0 Å². The normalized spacial score (nSPS) is 39.8. The quantitative estimate of drug-likeness (QED) is 0.746. The van der Waals surface area contributed by atoms with E-state index >= 15 is 0 Å². The van der Waals surface area contributed by atoms with Gasteiger partial charge in [0.15, 0.2) is 0 Å². The van der Waals surface area contributed by atoms with Gasteiger partial charge in [-0.05, 0) is 38.5 Å². The second-order valence-electron chi connectivity index (χ2n) is 5.30. The first kappa shape index (κ1) is 11.4. The molecule has 0 unspecified atom stereocenters. The van der Waals surface area contributed by atoms with Gasteiger partial charge in [-0.1, -0.05) is 6.42 Å². The molecule has 2 saturated carbocycles. The fourth-order valence-corrected chi connectivity index (χ4v) is 3.30. The van der Waals surface area contributed by atoms with Gasteiger partial charge in [0.25, 0.3) is 0 Å². The molecule has 2 aliphatic rings. The predicted molar refractivity (Wildman–Crippen MR) is 59.6 cm³/mol. The highest BCUT2D eigenvalue weighted by Gasteiger charge is 2.53. The molecule has 0 aromatic rings. The Balaban J connectivity index is 2.02. The average molecular weight is 213 g/mol. The molecule has 0 aliphatic heterocycles. The van der Waals surface area contributed by atoms with E-state index in [-0.39, 0.29) is 5.41 Å². The van der Waals surface area contributed by atoms with Gasteiger partial charge in [0.2, 0.25) is 0 Å². The molecule has 3 N–H and O–H groups in total. The number of nitrogens with two attached hydrogens (primary N) is 1. The first-order valence-electron chi connectivity index (χ1n) is 6.11. The van der Waals surface area contributed by atoms with Crippen molar-refractivity contribution in [2.75, 3.05) is 13.7 Å². The van der Waals surface area contributed by atoms with Crippen LogP contribution >= 0.6 is 0 Å². The molecular formula is C12H23NO2. The molecule has 88 valence electrons. The number of ether oxygens (including phenoxy) is 1. The van der Waals surface area contributed by atoms with E-state index in [0.29, 0.717) is 12.6 Å². The third kappa shape index (κ3) is 1.71. The Morgan fingerprint density at radius 1 is 1.27 bits per heavy atom. The Labute approximate surface area is 92.0 Å². The Hall–Kier alpha value is -0.120. The van der Waals surface area contributed by atoms with Crippen LogP contribution in [0.25, 0.3) is 0 Å². The Kier molecular flexibility index (Phi) is 3.06. The van der Waals surface area contributed by atoms with Crippen LogP contribution in [0.5, 0.6) is 0 Å². The van der Waals surface area contributed by atoms with Crippen LogP contribution in [-0.2, 0) is 4.74 Å². The van der Waals surface area contributed by atoms with Gasteiger partial charge in [0.05, 0.1) is 11.7 Å². The fraction of sp³-hybridized carbons (Fsp3) is 1.00. The first-order valence-corrected chi connectivity index (χ1v) is 6.11. The van der Waals surface area contributed by atoms with Gasteiger partial charge >= 0.3 is 0 Å². The summed E-state index contributed by atoms with van der Waals surface area (Å²) in [7, 11) is 1.76. The van der Waals surface area contributed by atoms with E-state index in [2.05, 4.69) is 0 Å². The number of hydrogen-bond donors (Lipinski definition) is 2. The molecule has 2 rings (SSSR count). The SMILES string of the molecule is COC1CCC(O)(C2(CN)CCC2)CC1. The van der Waals surface area contributed by atoms with Gasteiger partial charge in [-0.3, -0.25) is 0 Å². The van der Waals surface area contributed by atoms with Gasteiger partial charge in [0.1, 0.15) is 0 Å². The van der Waals surface area contributed by atoms with Crippen molar-refractivity contribution in [3.8, 4) is 0 Å². The van der Waals surface area contributed by atoms with E-state index in [1.54, 1.807) is 7.11 Å². The van der Waals surface area contributed by atoms with Crippen LogP contribution in [0.2, 0.25) is 0 Å². The molecule has 0 amide bonds. The summed E-state index contributed by atoms with van der Waals surface area (Å²) in [6.45, 7) is 0.640. The average Bonchev–Trinajstić information content (AvgIpc) is 2.18. The Morgan fingerprint density at radius 3 is 2.20 bits per heavy atom. The van der Waals surface area contributed by atoms with E-state index in [1.807, 2.05) is 0 Å². The van der Waals surface area contributed by atoms with Crippen LogP contribution in [0.15, 0.2) is 0 Å². The predicted octanol–water partition coefficient (Wildman–Crippen LogP) is 1.44. The highest BCUT2D eigenvalue weighted by Crippen LogP contribution is 2.53. The molecule has 0 atom stereocenters. The Morgan fingerprint density at radius 2 is 1.87 bits per heavy atom. The zero-order chi connectivity index (χ0) is 10.9. The van der Waals surface area contributed by atoms with E-state index in [9.17, 15) is 5.11 Å². The summed E-state index contributed by atoms with van der Waals surface area (Å²) in [5.74, 6) is 0. The van der Waals surface area contributed by atoms with E-state index in [1.165, 1.54) is 6.42 Å². The number of aliphatic hydroxyl groups is 1. The largest absolute Gasteiger partial charge is 0.389 e. The van der Waals surface area contributed by atoms with Crippen molar-refractivity contribution in [1.82, 2.24) is 0 Å². The smallest absolute Gasteiger partial charge is 0.0717 e. The second-order valence-corrected chi connectivity index (χ2v) is 5.30. The van der Waals surface area contributed by atoms with Gasteiger partial charge in [-0.15, -0.1) is 0 Å². The van der Waals surface area contributed by atoms with Gasteiger partial charge in [-0.2, -0.15) is 0 Å². The monoisotopic (exact) mass is 213 g/mol. The second kappa shape index (κ2) is 4.04. The van der Waals surface area contributed by atoms with Gasteiger partial charge in [0, 0.05) is 19.1 Å². The summed E-state index contributed by atoms with van der Waals surface area (Å²) in [6.07, 6.45) is 7.48. The van der Waals surface area contributed by atoms with Crippen LogP contribution in [0, 0.1) is 5.41 Å². The molecule has 0 radical (unpaired) electrons. The minimum absolute atomic E-state index is 0.0334. The van der Waals surface area contributed by atoms with Gasteiger partial charge in [-0.25, -0.2) is 0 Å². The lowest BCUT2D eigenvalue weighted by atomic mass is 9.54. The summed E-state index contributed by atoms with van der Waals surface area (Å²) in [4.78, 5) is 0. The van der Waals surface area contributed by atoms with Crippen LogP contribution in [0.3, 0.4) is 0 Å². The van der Waals surface area contributed by atoms with Crippen molar-refractivity contribution in [2.45, 2.75) is 56.7 Å². The lowest BCUT2D eigenvalue weighted by Gasteiger charge is -2.55. The maximum absolute atomic E-state index is 10.7. The van der Waals surface area contributed by atoms with E-state index in [4.69, 9.17) is 10.5 Å². The molecule has 2 aliphatic carbocycles. The topological polar surface area (TPSA) is 55.5 Å². The van der Waals surface area contributed by atoms with Crippen LogP contribution in [0.4, 0.5) is 0 Å². The standard InChI is InChI=1S/C12H23NO2/c1-15-10-3-7-12(14,8-4-10)11(9-13)5-2-6-11/h10,14H,2-9,13H2,1H3. The summed E-state index contributed by atoms with van der Waals surface area (Å²) in [6, 6.07) is 0. The molecule has 15 heavy (non-hydrogen) atoms. The van der Waals surface area contributed by atoms with Crippen molar-refractivity contribution in [3.63, 3.8) is 0 Å². The molecule has 3 heteroatoms. The van der Waals surface area contributed by atoms with Crippen LogP contribution in [-0.4, -0.2) is 30.5 Å². The third-order valence-electron chi connectivity index (χ3n) is 4.78. The molecule has 0 aromatic heterocycles. The van der Waals surface area contributed by atoms with Gasteiger partial charge < -0.3 is 15.6 Å². The lowest BCUT2D eigenvalue weighted by molar-refractivity contribution is -0.157. The van der Waals surface area contributed by atoms with Crippen LogP contribution in [0.1, 0.15) is 44.9 Å². The number of rotatable bonds is 3. The zero-order valence-electron chi connectivity index (χ0n) is 9.67. The number of methoxy groups -OCH3 is 1. The van der Waals surface area contributed by atoms with Crippen molar-refractivity contribution < 1.29 is 9.84 Å². The fourth-order valence-electron chi connectivity index (χ4n) is 3.30. The zero-order valence-corrected chi connectivity index (χ0v) is 9.67.